The van der Waals surface area contributed by atoms with E-state index in [-0.39, 0.29) is 11.4 Å². The molecule has 0 radical (unpaired) electrons. The summed E-state index contributed by atoms with van der Waals surface area (Å²) in [6, 6.07) is 12.0. The summed E-state index contributed by atoms with van der Waals surface area (Å²) >= 11 is 0. The lowest BCUT2D eigenvalue weighted by Gasteiger charge is -2.20. The van der Waals surface area contributed by atoms with E-state index in [9.17, 15) is 14.7 Å². The van der Waals surface area contributed by atoms with Crippen LogP contribution >= 0.6 is 0 Å². The van der Waals surface area contributed by atoms with Crippen molar-refractivity contribution in [3.05, 3.63) is 48.5 Å². The van der Waals surface area contributed by atoms with Crippen LogP contribution in [-0.4, -0.2) is 17.0 Å². The van der Waals surface area contributed by atoms with Gasteiger partial charge in [-0.15, -0.1) is 0 Å². The Labute approximate surface area is 121 Å². The van der Waals surface area contributed by atoms with Gasteiger partial charge in [-0.1, -0.05) is 18.2 Å². The zero-order valence-electron chi connectivity index (χ0n) is 11.4. The van der Waals surface area contributed by atoms with E-state index in [1.54, 1.807) is 30.3 Å². The molecule has 3 amide bonds. The van der Waals surface area contributed by atoms with E-state index in [0.29, 0.717) is 11.4 Å². The van der Waals surface area contributed by atoms with Crippen LogP contribution in [0.2, 0.25) is 0 Å². The van der Waals surface area contributed by atoms with Gasteiger partial charge in [-0.3, -0.25) is 4.79 Å². The van der Waals surface area contributed by atoms with Gasteiger partial charge < -0.3 is 16.2 Å². The van der Waals surface area contributed by atoms with Crippen molar-refractivity contribution in [3.63, 3.8) is 0 Å². The topological polar surface area (TPSA) is 95.7 Å². The average Bonchev–Trinajstić information content (AvgIpc) is 2.41. The molecule has 6 heteroatoms. The van der Waals surface area contributed by atoms with Gasteiger partial charge in [0.05, 0.1) is 11.4 Å². The third-order valence-electron chi connectivity index (χ3n) is 2.79. The molecule has 0 aliphatic rings. The first-order chi connectivity index (χ1) is 9.99. The van der Waals surface area contributed by atoms with Crippen LogP contribution in [0, 0.1) is 0 Å². The Morgan fingerprint density at radius 1 is 1.14 bits per heavy atom. The first kappa shape index (κ1) is 14.4. The van der Waals surface area contributed by atoms with Crippen molar-refractivity contribution < 1.29 is 14.7 Å². The number of phenols is 1. The number of phenolic OH excluding ortho intramolecular Hbond substituents is 1. The number of rotatable bonds is 2. The minimum atomic E-state index is -0.672. The quantitative estimate of drug-likeness (QED) is 0.583. The number of urea groups is 1. The summed E-state index contributed by atoms with van der Waals surface area (Å²) in [4.78, 5) is 24.9. The highest BCUT2D eigenvalue weighted by Gasteiger charge is 2.21. The number of para-hydroxylation sites is 2. The van der Waals surface area contributed by atoms with Crippen molar-refractivity contribution in [2.45, 2.75) is 6.92 Å². The van der Waals surface area contributed by atoms with Crippen molar-refractivity contribution in [2.24, 2.45) is 0 Å². The second-order valence-electron chi connectivity index (χ2n) is 4.40. The van der Waals surface area contributed by atoms with E-state index >= 15 is 0 Å². The molecular weight excluding hydrogens is 270 g/mol. The maximum absolute atomic E-state index is 12.3. The van der Waals surface area contributed by atoms with Crippen molar-refractivity contribution in [3.8, 4) is 5.75 Å². The fraction of sp³-hybridized carbons (Fsp3) is 0.0667. The number of nitrogens with zero attached hydrogens (tertiary/aromatic N) is 1. The molecule has 21 heavy (non-hydrogen) atoms. The van der Waals surface area contributed by atoms with E-state index < -0.39 is 11.9 Å². The van der Waals surface area contributed by atoms with Crippen LogP contribution in [0.4, 0.5) is 21.9 Å². The molecular formula is C15H15N3O3. The maximum atomic E-state index is 12.3. The predicted octanol–water partition coefficient (Wildman–Crippen LogP) is 2.56. The Balaban J connectivity index is 2.29. The summed E-state index contributed by atoms with van der Waals surface area (Å²) in [6.45, 7) is 1.27. The van der Waals surface area contributed by atoms with Gasteiger partial charge in [0, 0.05) is 12.6 Å². The predicted molar refractivity (Wildman–Crippen MR) is 81.1 cm³/mol. The largest absolute Gasteiger partial charge is 0.506 e. The van der Waals surface area contributed by atoms with Crippen molar-refractivity contribution in [1.29, 1.82) is 0 Å². The molecule has 2 aromatic carbocycles. The lowest BCUT2D eigenvalue weighted by atomic mass is 10.2. The third kappa shape index (κ3) is 3.30. The number of aromatic hydroxyl groups is 1. The Hall–Kier alpha value is -3.02. The van der Waals surface area contributed by atoms with Gasteiger partial charge in [0.1, 0.15) is 5.75 Å². The Bertz CT molecular complexity index is 685. The monoisotopic (exact) mass is 285 g/mol. The third-order valence-corrected chi connectivity index (χ3v) is 2.79. The molecule has 4 N–H and O–H groups in total. The second kappa shape index (κ2) is 5.96. The van der Waals surface area contributed by atoms with Crippen LogP contribution < -0.4 is 16.0 Å². The first-order valence-electron chi connectivity index (χ1n) is 6.24. The summed E-state index contributed by atoms with van der Waals surface area (Å²) in [6.07, 6.45) is 0. The lowest BCUT2D eigenvalue weighted by molar-refractivity contribution is -0.115. The number of nitrogen functional groups attached to an aromatic ring is 1. The molecule has 0 aromatic heterocycles. The van der Waals surface area contributed by atoms with E-state index in [1.807, 2.05) is 0 Å². The normalized spacial score (nSPS) is 9.95. The van der Waals surface area contributed by atoms with Crippen LogP contribution in [0.3, 0.4) is 0 Å². The highest BCUT2D eigenvalue weighted by atomic mass is 16.3. The molecule has 6 nitrogen and oxygen atoms in total. The number of carbonyl (C=O) groups excluding carboxylic acids is 2. The molecule has 0 aliphatic carbocycles. The molecule has 0 unspecified atom stereocenters. The van der Waals surface area contributed by atoms with Gasteiger partial charge in [-0.05, 0) is 30.3 Å². The molecule has 0 aliphatic heterocycles. The Kier molecular flexibility index (Phi) is 4.08. The van der Waals surface area contributed by atoms with Crippen LogP contribution in [-0.2, 0) is 4.79 Å². The number of imide groups is 1. The highest BCUT2D eigenvalue weighted by Crippen LogP contribution is 2.24. The van der Waals surface area contributed by atoms with Crippen LogP contribution in [0.5, 0.6) is 5.75 Å². The molecule has 0 bridgehead atoms. The number of nitrogens with one attached hydrogen (secondary N) is 1. The highest BCUT2D eigenvalue weighted by molar-refractivity contribution is 6.18. The Morgan fingerprint density at radius 2 is 1.86 bits per heavy atom. The average molecular weight is 285 g/mol. The first-order valence-corrected chi connectivity index (χ1v) is 6.24. The van der Waals surface area contributed by atoms with E-state index in [0.717, 1.165) is 4.90 Å². The number of benzene rings is 2. The number of nitrogens with two attached hydrogens (primary N) is 1. The van der Waals surface area contributed by atoms with Crippen LogP contribution in [0.25, 0.3) is 0 Å². The summed E-state index contributed by atoms with van der Waals surface area (Å²) < 4.78 is 0. The van der Waals surface area contributed by atoms with Crippen LogP contribution in [0.1, 0.15) is 6.92 Å². The molecule has 0 saturated heterocycles. The molecule has 0 saturated carbocycles. The number of amides is 3. The lowest BCUT2D eigenvalue weighted by Crippen LogP contribution is -2.38. The van der Waals surface area contributed by atoms with Gasteiger partial charge in [0.15, 0.2) is 0 Å². The maximum Gasteiger partial charge on any atom is 0.333 e. The zero-order chi connectivity index (χ0) is 15.4. The van der Waals surface area contributed by atoms with Gasteiger partial charge >= 0.3 is 6.03 Å². The van der Waals surface area contributed by atoms with E-state index in [4.69, 9.17) is 5.73 Å². The molecule has 2 rings (SSSR count). The fourth-order valence-electron chi connectivity index (χ4n) is 1.86. The van der Waals surface area contributed by atoms with Gasteiger partial charge in [-0.2, -0.15) is 0 Å². The van der Waals surface area contributed by atoms with Crippen molar-refractivity contribution >= 4 is 29.0 Å². The van der Waals surface area contributed by atoms with Crippen LogP contribution in [0.15, 0.2) is 48.5 Å². The van der Waals surface area contributed by atoms with Gasteiger partial charge in [-0.25, -0.2) is 9.69 Å². The zero-order valence-corrected chi connectivity index (χ0v) is 11.4. The van der Waals surface area contributed by atoms with Gasteiger partial charge in [0.2, 0.25) is 5.91 Å². The number of anilines is 3. The summed E-state index contributed by atoms with van der Waals surface area (Å²) in [5.41, 5.74) is 6.68. The summed E-state index contributed by atoms with van der Waals surface area (Å²) in [5, 5.41) is 12.1. The molecule has 0 atom stereocenters. The number of hydrogen-bond acceptors (Lipinski definition) is 4. The van der Waals surface area contributed by atoms with Crippen molar-refractivity contribution in [1.82, 2.24) is 0 Å². The van der Waals surface area contributed by atoms with Crippen molar-refractivity contribution in [2.75, 3.05) is 16.0 Å². The minimum absolute atomic E-state index is 0.0815. The molecule has 0 spiro atoms. The molecule has 0 heterocycles. The minimum Gasteiger partial charge on any atom is -0.506 e. The summed E-state index contributed by atoms with van der Waals surface area (Å²) in [5.74, 6) is -0.546. The fourth-order valence-corrected chi connectivity index (χ4v) is 1.86. The standard InChI is InChI=1S/C15H15N3O3/c1-10(19)18(12-6-4-5-11(16)9-12)15(21)17-13-7-2-3-8-14(13)20/h2-9,20H,16H2,1H3,(H,17,21). The molecule has 2 aromatic rings. The number of carbonyl (C=O) groups is 2. The molecule has 108 valence electrons. The second-order valence-corrected chi connectivity index (χ2v) is 4.40. The Morgan fingerprint density at radius 3 is 2.48 bits per heavy atom. The smallest absolute Gasteiger partial charge is 0.333 e. The molecule has 0 fully saturated rings. The number of hydrogen-bond donors (Lipinski definition) is 3. The SMILES string of the molecule is CC(=O)N(C(=O)Nc1ccccc1O)c1cccc(N)c1. The van der Waals surface area contributed by atoms with E-state index in [2.05, 4.69) is 5.32 Å². The summed E-state index contributed by atoms with van der Waals surface area (Å²) in [7, 11) is 0. The van der Waals surface area contributed by atoms with E-state index in [1.165, 1.54) is 25.1 Å². The van der Waals surface area contributed by atoms with Gasteiger partial charge in [0.25, 0.3) is 0 Å².